The van der Waals surface area contributed by atoms with E-state index in [-0.39, 0.29) is 12.3 Å². The number of benzene rings is 2. The summed E-state index contributed by atoms with van der Waals surface area (Å²) in [7, 11) is -3.19. The molecule has 6 heteroatoms. The van der Waals surface area contributed by atoms with Crippen LogP contribution in [0.4, 0.5) is 0 Å². The first-order valence-corrected chi connectivity index (χ1v) is 12.5. The number of hydrogen-bond donors (Lipinski definition) is 1. The molecule has 1 N–H and O–H groups in total. The largest absolute Gasteiger partial charge is 0.492 e. The van der Waals surface area contributed by atoms with E-state index in [9.17, 15) is 8.42 Å². The molecule has 29 heavy (non-hydrogen) atoms. The highest BCUT2D eigenvalue weighted by Gasteiger charge is 2.20. The van der Waals surface area contributed by atoms with E-state index < -0.39 is 10.0 Å². The van der Waals surface area contributed by atoms with E-state index >= 15 is 0 Å². The molecule has 1 aliphatic rings. The SMILES string of the molecule is CCCS(=O)(=O)NCCOc1ccc2c(c1)C(Cc1ccc(Cl)cc1)CCCC2. The number of fused-ring (bicyclic) bond motifs is 1. The maximum atomic E-state index is 11.7. The number of ether oxygens (including phenoxy) is 1. The van der Waals surface area contributed by atoms with E-state index in [1.165, 1.54) is 29.5 Å². The van der Waals surface area contributed by atoms with Crippen molar-refractivity contribution in [1.82, 2.24) is 4.72 Å². The molecule has 2 aromatic rings. The maximum absolute atomic E-state index is 11.7. The van der Waals surface area contributed by atoms with Gasteiger partial charge in [0.25, 0.3) is 0 Å². The van der Waals surface area contributed by atoms with Gasteiger partial charge < -0.3 is 4.74 Å². The zero-order valence-corrected chi connectivity index (χ0v) is 18.6. The van der Waals surface area contributed by atoms with Gasteiger partial charge in [-0.3, -0.25) is 0 Å². The second-order valence-electron chi connectivity index (χ2n) is 7.70. The minimum atomic E-state index is -3.19. The van der Waals surface area contributed by atoms with Gasteiger partial charge in [0.2, 0.25) is 10.0 Å². The van der Waals surface area contributed by atoms with Gasteiger partial charge in [-0.15, -0.1) is 0 Å². The Bertz CT molecular complexity index is 897. The summed E-state index contributed by atoms with van der Waals surface area (Å²) >= 11 is 6.03. The van der Waals surface area contributed by atoms with Crippen LogP contribution in [-0.4, -0.2) is 27.3 Å². The van der Waals surface area contributed by atoms with Gasteiger partial charge in [0.05, 0.1) is 5.75 Å². The van der Waals surface area contributed by atoms with Crippen molar-refractivity contribution in [3.05, 3.63) is 64.2 Å². The Balaban J connectivity index is 1.66. The van der Waals surface area contributed by atoms with Crippen molar-refractivity contribution in [3.63, 3.8) is 0 Å². The Morgan fingerprint density at radius 2 is 1.93 bits per heavy atom. The smallest absolute Gasteiger partial charge is 0.211 e. The first-order valence-electron chi connectivity index (χ1n) is 10.4. The van der Waals surface area contributed by atoms with E-state index in [2.05, 4.69) is 29.0 Å². The van der Waals surface area contributed by atoms with E-state index in [0.717, 1.165) is 30.0 Å². The van der Waals surface area contributed by atoms with Gasteiger partial charge in [0.15, 0.2) is 0 Å². The van der Waals surface area contributed by atoms with Crippen molar-refractivity contribution in [1.29, 1.82) is 0 Å². The first kappa shape index (κ1) is 22.1. The fourth-order valence-electron chi connectivity index (χ4n) is 3.96. The van der Waals surface area contributed by atoms with Gasteiger partial charge in [0.1, 0.15) is 12.4 Å². The Kier molecular flexibility index (Phi) is 7.99. The van der Waals surface area contributed by atoms with Crippen LogP contribution < -0.4 is 9.46 Å². The molecule has 0 saturated heterocycles. The summed E-state index contributed by atoms with van der Waals surface area (Å²) in [5.74, 6) is 1.42. The summed E-state index contributed by atoms with van der Waals surface area (Å²) in [4.78, 5) is 0. The van der Waals surface area contributed by atoms with Crippen molar-refractivity contribution in [2.75, 3.05) is 18.9 Å². The molecule has 0 heterocycles. The molecule has 3 rings (SSSR count). The molecule has 0 aliphatic heterocycles. The van der Waals surface area contributed by atoms with Crippen LogP contribution in [0.15, 0.2) is 42.5 Å². The van der Waals surface area contributed by atoms with Crippen LogP contribution in [0.1, 0.15) is 55.2 Å². The van der Waals surface area contributed by atoms with Gasteiger partial charge in [-0.05, 0) is 79.0 Å². The predicted octanol–water partition coefficient (Wildman–Crippen LogP) is 5.10. The summed E-state index contributed by atoms with van der Waals surface area (Å²) in [6.45, 7) is 2.46. The quantitative estimate of drug-likeness (QED) is 0.440. The second kappa shape index (κ2) is 10.5. The molecule has 0 amide bonds. The Hall–Kier alpha value is -1.56. The zero-order chi connectivity index (χ0) is 20.7. The van der Waals surface area contributed by atoms with E-state index in [1.54, 1.807) is 0 Å². The Labute approximate surface area is 179 Å². The molecule has 1 unspecified atom stereocenters. The van der Waals surface area contributed by atoms with Crippen molar-refractivity contribution in [2.24, 2.45) is 0 Å². The fraction of sp³-hybridized carbons (Fsp3) is 0.478. The van der Waals surface area contributed by atoms with Gasteiger partial charge in [0, 0.05) is 11.6 Å². The van der Waals surface area contributed by atoms with Crippen LogP contribution >= 0.6 is 11.6 Å². The molecule has 158 valence electrons. The lowest BCUT2D eigenvalue weighted by atomic mass is 9.87. The van der Waals surface area contributed by atoms with Gasteiger partial charge >= 0.3 is 0 Å². The van der Waals surface area contributed by atoms with E-state index in [1.807, 2.05) is 25.1 Å². The highest BCUT2D eigenvalue weighted by atomic mass is 35.5. The summed E-state index contributed by atoms with van der Waals surface area (Å²) < 4.78 is 31.9. The molecule has 0 spiro atoms. The van der Waals surface area contributed by atoms with Crippen molar-refractivity contribution in [2.45, 2.75) is 51.4 Å². The molecule has 0 bridgehead atoms. The van der Waals surface area contributed by atoms with Gasteiger partial charge in [-0.1, -0.05) is 43.1 Å². The summed E-state index contributed by atoms with van der Waals surface area (Å²) in [6, 6.07) is 14.4. The van der Waals surface area contributed by atoms with Gasteiger partial charge in [-0.2, -0.15) is 0 Å². The second-order valence-corrected chi connectivity index (χ2v) is 10.1. The Morgan fingerprint density at radius 3 is 2.69 bits per heavy atom. The third kappa shape index (κ3) is 6.73. The molecule has 2 aromatic carbocycles. The standard InChI is InChI=1S/C23H30ClNO3S/c1-2-15-29(26,27)25-13-14-28-22-12-9-19-5-3-4-6-20(23(19)17-22)16-18-7-10-21(24)11-8-18/h7-12,17,20,25H,2-6,13-16H2,1H3. The van der Waals surface area contributed by atoms with Crippen LogP contribution in [0.2, 0.25) is 5.02 Å². The predicted molar refractivity (Wildman–Crippen MR) is 119 cm³/mol. The molecule has 1 aliphatic carbocycles. The fourth-order valence-corrected chi connectivity index (χ4v) is 5.16. The molecular weight excluding hydrogens is 406 g/mol. The first-order chi connectivity index (χ1) is 14.0. The minimum absolute atomic E-state index is 0.151. The number of aryl methyl sites for hydroxylation is 1. The zero-order valence-electron chi connectivity index (χ0n) is 17.0. The van der Waals surface area contributed by atoms with Crippen LogP contribution in [0.25, 0.3) is 0 Å². The third-order valence-electron chi connectivity index (χ3n) is 5.37. The van der Waals surface area contributed by atoms with Crippen molar-refractivity contribution < 1.29 is 13.2 Å². The number of rotatable bonds is 9. The summed E-state index contributed by atoms with van der Waals surface area (Å²) in [6.07, 6.45) is 6.30. The molecule has 4 nitrogen and oxygen atoms in total. The minimum Gasteiger partial charge on any atom is -0.492 e. The lowest BCUT2D eigenvalue weighted by Gasteiger charge is -2.19. The highest BCUT2D eigenvalue weighted by molar-refractivity contribution is 7.89. The maximum Gasteiger partial charge on any atom is 0.211 e. The summed E-state index contributed by atoms with van der Waals surface area (Å²) in [5.41, 5.74) is 4.06. The van der Waals surface area contributed by atoms with Crippen molar-refractivity contribution in [3.8, 4) is 5.75 Å². The van der Waals surface area contributed by atoms with E-state index in [4.69, 9.17) is 16.3 Å². The molecule has 0 fully saturated rings. The van der Waals surface area contributed by atoms with Crippen molar-refractivity contribution >= 4 is 21.6 Å². The summed E-state index contributed by atoms with van der Waals surface area (Å²) in [5, 5.41) is 0.764. The van der Waals surface area contributed by atoms with Crippen LogP contribution in [0.3, 0.4) is 0 Å². The number of sulfonamides is 1. The third-order valence-corrected chi connectivity index (χ3v) is 7.21. The lowest BCUT2D eigenvalue weighted by Crippen LogP contribution is -2.30. The van der Waals surface area contributed by atoms with Gasteiger partial charge in [-0.25, -0.2) is 13.1 Å². The average Bonchev–Trinajstić information content (AvgIpc) is 2.89. The number of hydrogen-bond acceptors (Lipinski definition) is 3. The van der Waals surface area contributed by atoms with E-state index in [0.29, 0.717) is 18.9 Å². The Morgan fingerprint density at radius 1 is 1.14 bits per heavy atom. The topological polar surface area (TPSA) is 55.4 Å². The normalized spacial score (nSPS) is 16.8. The molecule has 1 atom stereocenters. The number of halogens is 1. The number of nitrogens with one attached hydrogen (secondary N) is 1. The molecular formula is C23H30ClNO3S. The lowest BCUT2D eigenvalue weighted by molar-refractivity contribution is 0.322. The average molecular weight is 436 g/mol. The van der Waals surface area contributed by atoms with Crippen LogP contribution in [-0.2, 0) is 22.9 Å². The monoisotopic (exact) mass is 435 g/mol. The van der Waals surface area contributed by atoms with Crippen LogP contribution in [0, 0.1) is 0 Å². The molecule has 0 radical (unpaired) electrons. The molecule has 0 aromatic heterocycles. The molecule has 0 saturated carbocycles. The highest BCUT2D eigenvalue weighted by Crippen LogP contribution is 2.35. The van der Waals surface area contributed by atoms with Crippen LogP contribution in [0.5, 0.6) is 5.75 Å².